The Hall–Kier alpha value is -0.580. The van der Waals surface area contributed by atoms with Gasteiger partial charge < -0.3 is 0 Å². The molecule has 0 aliphatic carbocycles. The lowest BCUT2D eigenvalue weighted by Crippen LogP contribution is -2.60. The fourth-order valence-electron chi connectivity index (χ4n) is 2.12. The van der Waals surface area contributed by atoms with E-state index in [1.807, 2.05) is 49.3 Å². The Morgan fingerprint density at radius 2 is 1.62 bits per heavy atom. The molecule has 0 N–H and O–H groups in total. The fraction of sp³-hybridized carbons (Fsp3) is 0.455. The van der Waals surface area contributed by atoms with E-state index in [1.165, 1.54) is 0 Å². The molecule has 2 rings (SSSR count). The summed E-state index contributed by atoms with van der Waals surface area (Å²) < 4.78 is 22.7. The molecule has 1 aromatic carbocycles. The zero-order chi connectivity index (χ0) is 11.1. The van der Waals surface area contributed by atoms with Gasteiger partial charge in [0.2, 0.25) is 0 Å². The summed E-state index contributed by atoms with van der Waals surface area (Å²) in [6.45, 7) is 0. The van der Waals surface area contributed by atoms with Crippen molar-refractivity contribution in [3.63, 3.8) is 0 Å². The lowest BCUT2D eigenvalue weighted by atomic mass is 9.92. The van der Waals surface area contributed by atoms with Crippen LogP contribution in [0.25, 0.3) is 0 Å². The Morgan fingerprint density at radius 1 is 1.12 bits per heavy atom. The van der Waals surface area contributed by atoms with Crippen LogP contribution in [0, 0.1) is 0 Å². The average Bonchev–Trinajstić information content (AvgIpc) is 2.14. The molecule has 0 bridgehead atoms. The largest absolute Gasteiger partial charge is 0.298 e. The van der Waals surface area contributed by atoms with Crippen LogP contribution in [-0.4, -0.2) is 38.9 Å². The van der Waals surface area contributed by atoms with Crippen LogP contribution in [0.5, 0.6) is 0 Å². The number of rotatable bonds is 2. The second-order valence-corrected chi connectivity index (χ2v) is 6.39. The van der Waals surface area contributed by atoms with Crippen LogP contribution in [0.15, 0.2) is 30.3 Å². The standard InChI is InChI=1S/C11H15NO2S.ClH/c1-12(2)11(8-15(13,14)9-11)10-6-4-3-5-7-10;/h3-7H,8-9H2,1-2H3;1H. The van der Waals surface area contributed by atoms with Gasteiger partial charge in [0.1, 0.15) is 0 Å². The number of hydrogen-bond acceptors (Lipinski definition) is 3. The summed E-state index contributed by atoms with van der Waals surface area (Å²) in [4.78, 5) is 2.00. The third kappa shape index (κ3) is 2.10. The van der Waals surface area contributed by atoms with Gasteiger partial charge in [-0.05, 0) is 19.7 Å². The predicted molar refractivity (Wildman–Crippen MR) is 67.7 cm³/mol. The normalized spacial score (nSPS) is 20.9. The SMILES string of the molecule is CN(C)C1(c2ccccc2)CS(=O)(=O)C1.Cl. The van der Waals surface area contributed by atoms with E-state index in [0.29, 0.717) is 0 Å². The van der Waals surface area contributed by atoms with Crippen LogP contribution in [0.2, 0.25) is 0 Å². The van der Waals surface area contributed by atoms with Crippen LogP contribution < -0.4 is 0 Å². The van der Waals surface area contributed by atoms with Crippen molar-refractivity contribution in [2.45, 2.75) is 5.54 Å². The molecule has 1 aliphatic rings. The van der Waals surface area contributed by atoms with Crippen molar-refractivity contribution >= 4 is 22.2 Å². The molecule has 1 aliphatic heterocycles. The van der Waals surface area contributed by atoms with E-state index >= 15 is 0 Å². The van der Waals surface area contributed by atoms with E-state index in [2.05, 4.69) is 0 Å². The van der Waals surface area contributed by atoms with Gasteiger partial charge in [0, 0.05) is 0 Å². The summed E-state index contributed by atoms with van der Waals surface area (Å²) in [5.41, 5.74) is 0.782. The summed E-state index contributed by atoms with van der Waals surface area (Å²) >= 11 is 0. The van der Waals surface area contributed by atoms with Crippen LogP contribution in [0.4, 0.5) is 0 Å². The number of sulfone groups is 1. The van der Waals surface area contributed by atoms with E-state index in [-0.39, 0.29) is 29.5 Å². The highest BCUT2D eigenvalue weighted by atomic mass is 35.5. The molecular weight excluding hydrogens is 246 g/mol. The maximum absolute atomic E-state index is 11.4. The molecule has 1 heterocycles. The van der Waals surface area contributed by atoms with Gasteiger partial charge in [0.05, 0.1) is 17.0 Å². The summed E-state index contributed by atoms with van der Waals surface area (Å²) in [6.07, 6.45) is 0. The lowest BCUT2D eigenvalue weighted by Gasteiger charge is -2.46. The minimum absolute atomic E-state index is 0. The topological polar surface area (TPSA) is 37.4 Å². The van der Waals surface area contributed by atoms with Gasteiger partial charge in [-0.3, -0.25) is 4.90 Å². The van der Waals surface area contributed by atoms with E-state index in [1.54, 1.807) is 0 Å². The minimum atomic E-state index is -2.82. The first-order valence-electron chi connectivity index (χ1n) is 4.90. The third-order valence-corrected chi connectivity index (χ3v) is 4.92. The smallest absolute Gasteiger partial charge is 0.154 e. The van der Waals surface area contributed by atoms with E-state index in [4.69, 9.17) is 0 Å². The van der Waals surface area contributed by atoms with Gasteiger partial charge in [0.25, 0.3) is 0 Å². The maximum Gasteiger partial charge on any atom is 0.154 e. The molecular formula is C11H16ClNO2S. The summed E-state index contributed by atoms with van der Waals surface area (Å²) in [5.74, 6) is 0.466. The number of benzene rings is 1. The zero-order valence-corrected chi connectivity index (χ0v) is 11.0. The molecule has 1 fully saturated rings. The van der Waals surface area contributed by atoms with Crippen molar-refractivity contribution in [1.82, 2.24) is 4.90 Å². The molecule has 90 valence electrons. The van der Waals surface area contributed by atoms with Crippen LogP contribution in [0.3, 0.4) is 0 Å². The first kappa shape index (κ1) is 13.5. The summed E-state index contributed by atoms with van der Waals surface area (Å²) in [7, 11) is 1.04. The van der Waals surface area contributed by atoms with Crippen LogP contribution in [0.1, 0.15) is 5.56 Å². The predicted octanol–water partition coefficient (Wildman–Crippen LogP) is 1.29. The molecule has 0 saturated carbocycles. The quantitative estimate of drug-likeness (QED) is 0.805. The Balaban J connectivity index is 0.00000128. The van der Waals surface area contributed by atoms with Gasteiger partial charge in [-0.1, -0.05) is 30.3 Å². The van der Waals surface area contributed by atoms with Crippen molar-refractivity contribution < 1.29 is 8.42 Å². The Morgan fingerprint density at radius 3 is 2.00 bits per heavy atom. The summed E-state index contributed by atoms with van der Waals surface area (Å²) in [6, 6.07) is 9.83. The first-order valence-corrected chi connectivity index (χ1v) is 6.72. The number of nitrogens with zero attached hydrogens (tertiary/aromatic N) is 1. The minimum Gasteiger partial charge on any atom is -0.298 e. The van der Waals surface area contributed by atoms with Crippen molar-refractivity contribution in [2.24, 2.45) is 0 Å². The average molecular weight is 262 g/mol. The summed E-state index contributed by atoms with van der Waals surface area (Å²) in [5, 5.41) is 0. The Kier molecular flexibility index (Phi) is 3.67. The maximum atomic E-state index is 11.4. The van der Waals surface area contributed by atoms with E-state index < -0.39 is 9.84 Å². The highest BCUT2D eigenvalue weighted by molar-refractivity contribution is 7.93. The zero-order valence-electron chi connectivity index (χ0n) is 9.38. The molecule has 1 saturated heterocycles. The van der Waals surface area contributed by atoms with Crippen molar-refractivity contribution in [3.05, 3.63) is 35.9 Å². The Labute approximate surface area is 103 Å². The molecule has 1 aromatic rings. The lowest BCUT2D eigenvalue weighted by molar-refractivity contribution is 0.184. The van der Waals surface area contributed by atoms with E-state index in [0.717, 1.165) is 5.56 Å². The highest BCUT2D eigenvalue weighted by Crippen LogP contribution is 2.38. The second-order valence-electron chi connectivity index (χ2n) is 4.32. The number of halogens is 1. The monoisotopic (exact) mass is 261 g/mol. The molecule has 3 nitrogen and oxygen atoms in total. The molecule has 0 spiro atoms. The molecule has 0 radical (unpaired) electrons. The molecule has 5 heteroatoms. The number of hydrogen-bond donors (Lipinski definition) is 0. The van der Waals surface area contributed by atoms with Crippen molar-refractivity contribution in [3.8, 4) is 0 Å². The fourth-order valence-corrected chi connectivity index (χ4v) is 4.34. The first-order chi connectivity index (χ1) is 6.96. The third-order valence-electron chi connectivity index (χ3n) is 3.08. The van der Waals surface area contributed by atoms with Crippen molar-refractivity contribution in [2.75, 3.05) is 25.6 Å². The highest BCUT2D eigenvalue weighted by Gasteiger charge is 2.51. The van der Waals surface area contributed by atoms with Gasteiger partial charge in [-0.25, -0.2) is 8.42 Å². The van der Waals surface area contributed by atoms with E-state index in [9.17, 15) is 8.42 Å². The van der Waals surface area contributed by atoms with Gasteiger partial charge in [-0.2, -0.15) is 0 Å². The molecule has 0 unspecified atom stereocenters. The molecule has 16 heavy (non-hydrogen) atoms. The second kappa shape index (κ2) is 4.35. The Bertz CT molecular complexity index is 444. The van der Waals surface area contributed by atoms with Gasteiger partial charge in [-0.15, -0.1) is 12.4 Å². The molecule has 0 aromatic heterocycles. The van der Waals surface area contributed by atoms with Gasteiger partial charge in [0.15, 0.2) is 9.84 Å². The van der Waals surface area contributed by atoms with Crippen LogP contribution in [-0.2, 0) is 15.4 Å². The molecule has 0 amide bonds. The van der Waals surface area contributed by atoms with Gasteiger partial charge >= 0.3 is 0 Å². The van der Waals surface area contributed by atoms with Crippen LogP contribution >= 0.6 is 12.4 Å². The van der Waals surface area contributed by atoms with Crippen molar-refractivity contribution in [1.29, 1.82) is 0 Å². The molecule has 0 atom stereocenters.